The molecule has 0 aromatic carbocycles. The third-order valence-electron chi connectivity index (χ3n) is 3.27. The van der Waals surface area contributed by atoms with Crippen LogP contribution in [0.1, 0.15) is 32.4 Å². The van der Waals surface area contributed by atoms with E-state index in [0.29, 0.717) is 18.3 Å². The Labute approximate surface area is 142 Å². The largest absolute Gasteiger partial charge is 0.319 e. The highest BCUT2D eigenvalue weighted by molar-refractivity contribution is 5.92. The van der Waals surface area contributed by atoms with Crippen molar-refractivity contribution < 1.29 is 4.79 Å². The van der Waals surface area contributed by atoms with Crippen molar-refractivity contribution >= 4 is 24.1 Å². The van der Waals surface area contributed by atoms with Crippen molar-refractivity contribution in [3.05, 3.63) is 30.2 Å². The summed E-state index contributed by atoms with van der Waals surface area (Å²) in [5.74, 6) is 1.05. The normalized spacial score (nSPS) is 11.9. The van der Waals surface area contributed by atoms with E-state index in [9.17, 15) is 4.79 Å². The number of rotatable bonds is 6. The summed E-state index contributed by atoms with van der Waals surface area (Å²) in [5.41, 5.74) is 0.879. The maximum atomic E-state index is 12.2. The van der Waals surface area contributed by atoms with Crippen molar-refractivity contribution in [3.63, 3.8) is 0 Å². The second kappa shape index (κ2) is 8.59. The van der Waals surface area contributed by atoms with Crippen LogP contribution >= 0.6 is 12.4 Å². The second-order valence-electron chi connectivity index (χ2n) is 5.52. The summed E-state index contributed by atoms with van der Waals surface area (Å²) < 4.78 is 1.57. The molecule has 2 N–H and O–H groups in total. The Morgan fingerprint density at radius 2 is 1.91 bits per heavy atom. The van der Waals surface area contributed by atoms with Crippen LogP contribution in [0.5, 0.6) is 0 Å². The number of carbonyl (C=O) groups excluding carboxylic acids is 1. The molecular weight excluding hydrogens is 316 g/mol. The highest BCUT2D eigenvalue weighted by atomic mass is 35.5. The Kier molecular flexibility index (Phi) is 7.12. The lowest BCUT2D eigenvalue weighted by atomic mass is 10.1. The molecule has 0 bridgehead atoms. The monoisotopic (exact) mass is 338 g/mol. The maximum Gasteiger partial charge on any atom is 0.252 e. The predicted octanol–water partition coefficient (Wildman–Crippen LogP) is 2.00. The standard InChI is InChI=1S/C15H22N6O.ClH/c1-10(2)12-8-13(19-14(22)11(3)9-16-4)21(20-12)15-17-6-5-7-18-15;/h5-8,10-11,16H,9H2,1-4H3,(H,19,22);1H. The van der Waals surface area contributed by atoms with Gasteiger partial charge in [0, 0.05) is 30.9 Å². The summed E-state index contributed by atoms with van der Waals surface area (Å²) in [6.45, 7) is 6.58. The Balaban J connectivity index is 0.00000264. The van der Waals surface area contributed by atoms with Crippen molar-refractivity contribution in [1.29, 1.82) is 0 Å². The summed E-state index contributed by atoms with van der Waals surface area (Å²) in [6.07, 6.45) is 3.29. The van der Waals surface area contributed by atoms with Gasteiger partial charge in [0.15, 0.2) is 0 Å². The molecule has 0 radical (unpaired) electrons. The first kappa shape index (κ1) is 19.1. The van der Waals surface area contributed by atoms with Crippen LogP contribution in [0, 0.1) is 5.92 Å². The molecule has 2 aromatic heterocycles. The van der Waals surface area contributed by atoms with E-state index in [1.165, 1.54) is 0 Å². The first-order valence-electron chi connectivity index (χ1n) is 7.35. The van der Waals surface area contributed by atoms with Gasteiger partial charge >= 0.3 is 0 Å². The molecule has 2 heterocycles. The van der Waals surface area contributed by atoms with E-state index in [-0.39, 0.29) is 30.2 Å². The van der Waals surface area contributed by atoms with E-state index < -0.39 is 0 Å². The molecule has 1 amide bonds. The molecule has 23 heavy (non-hydrogen) atoms. The summed E-state index contributed by atoms with van der Waals surface area (Å²) in [4.78, 5) is 20.6. The van der Waals surface area contributed by atoms with Crippen LogP contribution in [-0.2, 0) is 4.79 Å². The molecule has 0 saturated carbocycles. The van der Waals surface area contributed by atoms with E-state index in [0.717, 1.165) is 5.69 Å². The summed E-state index contributed by atoms with van der Waals surface area (Å²) >= 11 is 0. The molecule has 0 aliphatic heterocycles. The third-order valence-corrected chi connectivity index (χ3v) is 3.27. The predicted molar refractivity (Wildman–Crippen MR) is 92.2 cm³/mol. The fraction of sp³-hybridized carbons (Fsp3) is 0.467. The lowest BCUT2D eigenvalue weighted by Crippen LogP contribution is -2.29. The number of aromatic nitrogens is 4. The lowest BCUT2D eigenvalue weighted by molar-refractivity contribution is -0.119. The van der Waals surface area contributed by atoms with Gasteiger partial charge in [-0.3, -0.25) is 4.79 Å². The second-order valence-corrected chi connectivity index (χ2v) is 5.52. The van der Waals surface area contributed by atoms with Crippen LogP contribution in [0.4, 0.5) is 5.82 Å². The third kappa shape index (κ3) is 4.74. The van der Waals surface area contributed by atoms with Crippen molar-refractivity contribution in [2.45, 2.75) is 26.7 Å². The minimum Gasteiger partial charge on any atom is -0.319 e. The Morgan fingerprint density at radius 1 is 1.26 bits per heavy atom. The topological polar surface area (TPSA) is 84.7 Å². The van der Waals surface area contributed by atoms with Gasteiger partial charge in [-0.05, 0) is 19.0 Å². The Morgan fingerprint density at radius 3 is 2.48 bits per heavy atom. The number of carbonyl (C=O) groups is 1. The van der Waals surface area contributed by atoms with Crippen LogP contribution in [0.2, 0.25) is 0 Å². The number of anilines is 1. The molecule has 126 valence electrons. The molecule has 0 spiro atoms. The first-order chi connectivity index (χ1) is 10.5. The van der Waals surface area contributed by atoms with Crippen LogP contribution in [0.3, 0.4) is 0 Å². The molecule has 0 saturated heterocycles. The maximum absolute atomic E-state index is 12.2. The number of hydrogen-bond acceptors (Lipinski definition) is 5. The zero-order valence-corrected chi connectivity index (χ0v) is 14.6. The minimum absolute atomic E-state index is 0. The molecule has 0 fully saturated rings. The van der Waals surface area contributed by atoms with Crippen LogP contribution in [-0.4, -0.2) is 39.2 Å². The Bertz CT molecular complexity index is 628. The van der Waals surface area contributed by atoms with Crippen LogP contribution < -0.4 is 10.6 Å². The summed E-state index contributed by atoms with van der Waals surface area (Å²) in [7, 11) is 1.82. The number of amides is 1. The van der Waals surface area contributed by atoms with Gasteiger partial charge in [-0.2, -0.15) is 9.78 Å². The van der Waals surface area contributed by atoms with Crippen molar-refractivity contribution in [2.75, 3.05) is 18.9 Å². The molecule has 8 heteroatoms. The quantitative estimate of drug-likeness (QED) is 0.841. The SMILES string of the molecule is CNCC(C)C(=O)Nc1cc(C(C)C)nn1-c1ncccn1.Cl. The molecule has 0 aliphatic carbocycles. The Hall–Kier alpha value is -1.99. The van der Waals surface area contributed by atoms with E-state index in [2.05, 4.69) is 25.7 Å². The van der Waals surface area contributed by atoms with E-state index >= 15 is 0 Å². The van der Waals surface area contributed by atoms with Crippen molar-refractivity contribution in [1.82, 2.24) is 25.1 Å². The number of hydrogen-bond donors (Lipinski definition) is 2. The summed E-state index contributed by atoms with van der Waals surface area (Å²) in [5, 5.41) is 10.4. The van der Waals surface area contributed by atoms with Gasteiger partial charge in [0.05, 0.1) is 5.69 Å². The number of nitrogens with one attached hydrogen (secondary N) is 2. The van der Waals surface area contributed by atoms with Gasteiger partial charge in [0.1, 0.15) is 5.82 Å². The van der Waals surface area contributed by atoms with E-state index in [1.54, 1.807) is 23.1 Å². The molecule has 2 rings (SSSR count). The average molecular weight is 339 g/mol. The molecule has 1 atom stereocenters. The lowest BCUT2D eigenvalue weighted by Gasteiger charge is -2.12. The van der Waals surface area contributed by atoms with Crippen LogP contribution in [0.15, 0.2) is 24.5 Å². The zero-order valence-electron chi connectivity index (χ0n) is 13.8. The van der Waals surface area contributed by atoms with E-state index in [4.69, 9.17) is 0 Å². The highest BCUT2D eigenvalue weighted by Crippen LogP contribution is 2.20. The zero-order chi connectivity index (χ0) is 16.1. The van der Waals surface area contributed by atoms with Gasteiger partial charge in [-0.1, -0.05) is 20.8 Å². The summed E-state index contributed by atoms with van der Waals surface area (Å²) in [6, 6.07) is 3.61. The van der Waals surface area contributed by atoms with Gasteiger partial charge in [-0.25, -0.2) is 9.97 Å². The molecular formula is C15H23ClN6O. The molecule has 2 aromatic rings. The van der Waals surface area contributed by atoms with Crippen LogP contribution in [0.25, 0.3) is 5.95 Å². The average Bonchev–Trinajstić information content (AvgIpc) is 2.92. The smallest absolute Gasteiger partial charge is 0.252 e. The fourth-order valence-electron chi connectivity index (χ4n) is 1.97. The number of halogens is 1. The molecule has 0 aliphatic rings. The van der Waals surface area contributed by atoms with Crippen molar-refractivity contribution in [2.24, 2.45) is 5.92 Å². The molecule has 1 unspecified atom stereocenters. The van der Waals surface area contributed by atoms with Gasteiger partial charge in [0.25, 0.3) is 5.95 Å². The van der Waals surface area contributed by atoms with Crippen molar-refractivity contribution in [3.8, 4) is 5.95 Å². The number of nitrogens with zero attached hydrogens (tertiary/aromatic N) is 4. The van der Waals surface area contributed by atoms with Gasteiger partial charge < -0.3 is 10.6 Å². The highest BCUT2D eigenvalue weighted by Gasteiger charge is 2.18. The first-order valence-corrected chi connectivity index (χ1v) is 7.35. The van der Waals surface area contributed by atoms with Gasteiger partial charge in [-0.15, -0.1) is 12.4 Å². The fourth-order valence-corrected chi connectivity index (χ4v) is 1.97. The van der Waals surface area contributed by atoms with E-state index in [1.807, 2.05) is 33.9 Å². The minimum atomic E-state index is -0.146. The molecule has 7 nitrogen and oxygen atoms in total. The van der Waals surface area contributed by atoms with Gasteiger partial charge in [0.2, 0.25) is 5.91 Å².